The largest absolute Gasteiger partial charge is 0.507 e. The van der Waals surface area contributed by atoms with Crippen LogP contribution in [0.3, 0.4) is 0 Å². The normalized spacial score (nSPS) is 9.73. The Balaban J connectivity index is 2.81. The fraction of sp³-hybridized carbons (Fsp3) is 0.200. The Kier molecular flexibility index (Phi) is 3.38. The van der Waals surface area contributed by atoms with Crippen LogP contribution in [0.5, 0.6) is 5.75 Å². The number of phenolic OH excluding ortho intramolecular Hbond substituents is 1. The molecule has 0 fully saturated rings. The van der Waals surface area contributed by atoms with Gasteiger partial charge in [0.1, 0.15) is 17.3 Å². The van der Waals surface area contributed by atoms with Crippen LogP contribution in [0, 0.1) is 5.82 Å². The Morgan fingerprint density at radius 1 is 1.47 bits per heavy atom. The number of Topliss-reactive ketones (excluding diaryl/α,β-unsaturated/α-hetero) is 1. The fourth-order valence-corrected chi connectivity index (χ4v) is 0.990. The van der Waals surface area contributed by atoms with Crippen LogP contribution < -0.4 is 5.32 Å². The highest BCUT2D eigenvalue weighted by Crippen LogP contribution is 2.17. The molecule has 0 spiro atoms. The van der Waals surface area contributed by atoms with E-state index in [0.717, 1.165) is 18.2 Å². The molecule has 4 nitrogen and oxygen atoms in total. The van der Waals surface area contributed by atoms with Crippen LogP contribution in [0.1, 0.15) is 17.3 Å². The number of nitrogens with one attached hydrogen (secondary N) is 1. The lowest BCUT2D eigenvalue weighted by molar-refractivity contribution is -0.116. The molecule has 0 aromatic heterocycles. The number of aromatic hydroxyl groups is 1. The van der Waals surface area contributed by atoms with Crippen molar-refractivity contribution < 1.29 is 19.1 Å². The van der Waals surface area contributed by atoms with E-state index in [1.165, 1.54) is 6.92 Å². The van der Waals surface area contributed by atoms with Crippen molar-refractivity contribution in [3.63, 3.8) is 0 Å². The smallest absolute Gasteiger partial charge is 0.255 e. The number of benzene rings is 1. The third kappa shape index (κ3) is 3.05. The standard InChI is InChI=1S/C10H10FNO3/c1-6(13)5-12-10(15)8-4-7(11)2-3-9(8)14/h2-4,14H,5H2,1H3,(H,12,15). The van der Waals surface area contributed by atoms with Gasteiger partial charge in [0, 0.05) is 0 Å². The molecule has 1 aromatic rings. The average molecular weight is 211 g/mol. The van der Waals surface area contributed by atoms with Gasteiger partial charge in [-0.3, -0.25) is 9.59 Å². The molecule has 1 amide bonds. The molecule has 0 bridgehead atoms. The highest BCUT2D eigenvalue weighted by Gasteiger charge is 2.11. The van der Waals surface area contributed by atoms with Crippen LogP contribution in [0.4, 0.5) is 4.39 Å². The summed E-state index contributed by atoms with van der Waals surface area (Å²) in [5.74, 6) is -1.85. The molecule has 80 valence electrons. The van der Waals surface area contributed by atoms with Crippen molar-refractivity contribution in [2.75, 3.05) is 6.54 Å². The predicted octanol–water partition coefficient (Wildman–Crippen LogP) is 0.850. The van der Waals surface area contributed by atoms with Crippen LogP contribution in [0.15, 0.2) is 18.2 Å². The molecule has 0 radical (unpaired) electrons. The first kappa shape index (κ1) is 11.2. The number of amides is 1. The molecule has 15 heavy (non-hydrogen) atoms. The molecule has 0 heterocycles. The van der Waals surface area contributed by atoms with Crippen LogP contribution in [-0.2, 0) is 4.79 Å². The van der Waals surface area contributed by atoms with Gasteiger partial charge in [0.25, 0.3) is 5.91 Å². The fourth-order valence-electron chi connectivity index (χ4n) is 0.990. The van der Waals surface area contributed by atoms with Gasteiger partial charge in [-0.15, -0.1) is 0 Å². The summed E-state index contributed by atoms with van der Waals surface area (Å²) in [5, 5.41) is 11.5. The van der Waals surface area contributed by atoms with E-state index in [2.05, 4.69) is 5.32 Å². The van der Waals surface area contributed by atoms with E-state index >= 15 is 0 Å². The molecule has 2 N–H and O–H groups in total. The average Bonchev–Trinajstić information content (AvgIpc) is 2.18. The Morgan fingerprint density at radius 3 is 2.73 bits per heavy atom. The third-order valence-electron chi connectivity index (χ3n) is 1.70. The lowest BCUT2D eigenvalue weighted by Gasteiger charge is -2.04. The first-order chi connectivity index (χ1) is 7.00. The van der Waals surface area contributed by atoms with E-state index in [0.29, 0.717) is 0 Å². The Bertz CT molecular complexity index is 404. The summed E-state index contributed by atoms with van der Waals surface area (Å²) in [6, 6.07) is 3.03. The van der Waals surface area contributed by atoms with E-state index < -0.39 is 11.7 Å². The van der Waals surface area contributed by atoms with Gasteiger partial charge in [-0.1, -0.05) is 0 Å². The van der Waals surface area contributed by atoms with Gasteiger partial charge >= 0.3 is 0 Å². The van der Waals surface area contributed by atoms with Gasteiger partial charge < -0.3 is 10.4 Å². The molecule has 0 aliphatic heterocycles. The molecule has 1 rings (SSSR count). The second-order valence-corrected chi connectivity index (χ2v) is 3.05. The lowest BCUT2D eigenvalue weighted by atomic mass is 10.2. The van der Waals surface area contributed by atoms with Crippen LogP contribution in [0.2, 0.25) is 0 Å². The quantitative estimate of drug-likeness (QED) is 0.778. The zero-order valence-electron chi connectivity index (χ0n) is 8.08. The molecule has 0 unspecified atom stereocenters. The van der Waals surface area contributed by atoms with Crippen LogP contribution in [0.25, 0.3) is 0 Å². The summed E-state index contributed by atoms with van der Waals surface area (Å²) in [6.07, 6.45) is 0. The van der Waals surface area contributed by atoms with Crippen molar-refractivity contribution >= 4 is 11.7 Å². The second kappa shape index (κ2) is 4.54. The third-order valence-corrected chi connectivity index (χ3v) is 1.70. The highest BCUT2D eigenvalue weighted by atomic mass is 19.1. The maximum atomic E-state index is 12.7. The number of hydrogen-bond acceptors (Lipinski definition) is 3. The molecular formula is C10H10FNO3. The highest BCUT2D eigenvalue weighted by molar-refractivity contribution is 5.98. The summed E-state index contributed by atoms with van der Waals surface area (Å²) in [5.41, 5.74) is -0.184. The summed E-state index contributed by atoms with van der Waals surface area (Å²) in [7, 11) is 0. The first-order valence-corrected chi connectivity index (χ1v) is 4.27. The van der Waals surface area contributed by atoms with Gasteiger partial charge in [0.15, 0.2) is 0 Å². The molecule has 0 atom stereocenters. The van der Waals surface area contributed by atoms with E-state index in [1.54, 1.807) is 0 Å². The zero-order valence-corrected chi connectivity index (χ0v) is 8.08. The number of ketones is 1. The summed E-state index contributed by atoms with van der Waals surface area (Å²) < 4.78 is 12.7. The minimum absolute atomic E-state index is 0.144. The maximum Gasteiger partial charge on any atom is 0.255 e. The van der Waals surface area contributed by atoms with Gasteiger partial charge in [0.2, 0.25) is 0 Å². The topological polar surface area (TPSA) is 66.4 Å². The van der Waals surface area contributed by atoms with Crippen molar-refractivity contribution in [1.29, 1.82) is 0 Å². The number of carbonyl (C=O) groups excluding carboxylic acids is 2. The minimum atomic E-state index is -0.679. The van der Waals surface area contributed by atoms with E-state index in [-0.39, 0.29) is 23.6 Å². The van der Waals surface area contributed by atoms with E-state index in [1.807, 2.05) is 0 Å². The molecule has 0 saturated carbocycles. The number of hydrogen-bond donors (Lipinski definition) is 2. The van der Waals surface area contributed by atoms with Gasteiger partial charge in [0.05, 0.1) is 12.1 Å². The van der Waals surface area contributed by atoms with E-state index in [9.17, 15) is 19.1 Å². The van der Waals surface area contributed by atoms with Crippen molar-refractivity contribution in [3.8, 4) is 5.75 Å². The summed E-state index contributed by atoms with van der Waals surface area (Å²) >= 11 is 0. The molecule has 0 saturated heterocycles. The second-order valence-electron chi connectivity index (χ2n) is 3.05. The lowest BCUT2D eigenvalue weighted by Crippen LogP contribution is -2.28. The molecule has 1 aromatic carbocycles. The van der Waals surface area contributed by atoms with Gasteiger partial charge in [-0.25, -0.2) is 4.39 Å². The number of rotatable bonds is 3. The molecular weight excluding hydrogens is 201 g/mol. The van der Waals surface area contributed by atoms with Crippen LogP contribution in [-0.4, -0.2) is 23.3 Å². The van der Waals surface area contributed by atoms with Gasteiger partial charge in [-0.05, 0) is 25.1 Å². The first-order valence-electron chi connectivity index (χ1n) is 4.27. The van der Waals surface area contributed by atoms with Crippen molar-refractivity contribution in [1.82, 2.24) is 5.32 Å². The van der Waals surface area contributed by atoms with Crippen LogP contribution >= 0.6 is 0 Å². The Morgan fingerprint density at radius 2 is 2.13 bits per heavy atom. The summed E-state index contributed by atoms with van der Waals surface area (Å²) in [4.78, 5) is 21.9. The van der Waals surface area contributed by atoms with E-state index in [4.69, 9.17) is 0 Å². The number of phenols is 1. The number of halogens is 1. The zero-order chi connectivity index (χ0) is 11.4. The SMILES string of the molecule is CC(=O)CNC(=O)c1cc(F)ccc1O. The van der Waals surface area contributed by atoms with Gasteiger partial charge in [-0.2, -0.15) is 0 Å². The minimum Gasteiger partial charge on any atom is -0.507 e. The Labute approximate surface area is 85.7 Å². The predicted molar refractivity (Wildman–Crippen MR) is 51.1 cm³/mol. The summed E-state index contributed by atoms with van der Waals surface area (Å²) in [6.45, 7) is 1.17. The molecule has 0 aliphatic carbocycles. The maximum absolute atomic E-state index is 12.7. The monoisotopic (exact) mass is 211 g/mol. The van der Waals surface area contributed by atoms with Crippen molar-refractivity contribution in [2.24, 2.45) is 0 Å². The van der Waals surface area contributed by atoms with Crippen molar-refractivity contribution in [3.05, 3.63) is 29.6 Å². The number of carbonyl (C=O) groups is 2. The molecule has 0 aliphatic rings. The van der Waals surface area contributed by atoms with Crippen molar-refractivity contribution in [2.45, 2.75) is 6.92 Å². The Hall–Kier alpha value is -1.91. The molecule has 5 heteroatoms.